The molecule has 0 saturated carbocycles. The topological polar surface area (TPSA) is 9.23 Å². The monoisotopic (exact) mass is 276 g/mol. The first-order valence-corrected chi connectivity index (χ1v) is 5.29. The molecule has 0 fully saturated rings. The second-order valence-electron chi connectivity index (χ2n) is 2.99. The van der Waals surface area contributed by atoms with Gasteiger partial charge in [-0.15, -0.1) is 0 Å². The molecule has 8 heteroatoms. The second-order valence-corrected chi connectivity index (χ2v) is 3.49. The fourth-order valence-corrected chi connectivity index (χ4v) is 1.36. The number of hydrogen-bond acceptors (Lipinski definition) is 2. The predicted octanol–water partition coefficient (Wildman–Crippen LogP) is 4.38. The van der Waals surface area contributed by atoms with Crippen molar-refractivity contribution in [2.24, 2.45) is 0 Å². The SMILES string of the molecule is CSOc1cc(C(F)(F)F)cc(C(F)(F)F)c1. The third-order valence-electron chi connectivity index (χ3n) is 1.74. The van der Waals surface area contributed by atoms with Gasteiger partial charge in [0.2, 0.25) is 0 Å². The maximum atomic E-state index is 12.3. The van der Waals surface area contributed by atoms with Gasteiger partial charge in [-0.25, -0.2) is 0 Å². The van der Waals surface area contributed by atoms with E-state index >= 15 is 0 Å². The molecule has 0 atom stereocenters. The Morgan fingerprint density at radius 1 is 0.882 bits per heavy atom. The Balaban J connectivity index is 3.29. The highest BCUT2D eigenvalue weighted by Gasteiger charge is 2.37. The van der Waals surface area contributed by atoms with Gasteiger partial charge in [0.15, 0.2) is 0 Å². The summed E-state index contributed by atoms with van der Waals surface area (Å²) in [4.78, 5) is 0. The van der Waals surface area contributed by atoms with Crippen molar-refractivity contribution in [1.82, 2.24) is 0 Å². The molecular weight excluding hydrogens is 270 g/mol. The normalized spacial score (nSPS) is 12.6. The molecule has 0 aliphatic heterocycles. The van der Waals surface area contributed by atoms with Crippen molar-refractivity contribution in [1.29, 1.82) is 0 Å². The van der Waals surface area contributed by atoms with E-state index in [4.69, 9.17) is 0 Å². The van der Waals surface area contributed by atoms with Crippen molar-refractivity contribution in [2.45, 2.75) is 12.4 Å². The van der Waals surface area contributed by atoms with Crippen molar-refractivity contribution in [3.63, 3.8) is 0 Å². The van der Waals surface area contributed by atoms with Gasteiger partial charge < -0.3 is 4.18 Å². The number of rotatable bonds is 2. The van der Waals surface area contributed by atoms with Crippen LogP contribution in [0.15, 0.2) is 18.2 Å². The van der Waals surface area contributed by atoms with Gasteiger partial charge in [0.1, 0.15) is 5.75 Å². The quantitative estimate of drug-likeness (QED) is 0.585. The molecule has 17 heavy (non-hydrogen) atoms. The molecule has 0 N–H and O–H groups in total. The minimum atomic E-state index is -4.85. The van der Waals surface area contributed by atoms with Crippen molar-refractivity contribution < 1.29 is 30.5 Å². The highest BCUT2D eigenvalue weighted by Crippen LogP contribution is 2.38. The van der Waals surface area contributed by atoms with Crippen LogP contribution in [0.4, 0.5) is 26.3 Å². The standard InChI is InChI=1S/C9H6F6OS/c1-17-16-7-3-5(8(10,11)12)2-6(4-7)9(13,14)15/h2-4H,1H3. The molecule has 1 rings (SSSR count). The van der Waals surface area contributed by atoms with Gasteiger partial charge in [0, 0.05) is 6.26 Å². The fraction of sp³-hybridized carbons (Fsp3) is 0.333. The summed E-state index contributed by atoms with van der Waals surface area (Å²) in [7, 11) is 0. The van der Waals surface area contributed by atoms with Crippen molar-refractivity contribution >= 4 is 12.0 Å². The lowest BCUT2D eigenvalue weighted by molar-refractivity contribution is -0.143. The number of halogens is 6. The molecular formula is C9H6F6OS. The fourth-order valence-electron chi connectivity index (χ4n) is 1.07. The zero-order valence-corrected chi connectivity index (χ0v) is 9.13. The highest BCUT2D eigenvalue weighted by atomic mass is 32.2. The van der Waals surface area contributed by atoms with E-state index < -0.39 is 29.2 Å². The molecule has 0 bridgehead atoms. The van der Waals surface area contributed by atoms with Crippen molar-refractivity contribution in [2.75, 3.05) is 6.26 Å². The first kappa shape index (κ1) is 14.0. The Bertz CT molecular complexity index is 365. The van der Waals surface area contributed by atoms with Gasteiger partial charge in [0.05, 0.1) is 23.2 Å². The molecule has 1 nitrogen and oxygen atoms in total. The lowest BCUT2D eigenvalue weighted by Gasteiger charge is -2.13. The average Bonchev–Trinajstić information content (AvgIpc) is 2.15. The third-order valence-corrected chi connectivity index (χ3v) is 2.10. The summed E-state index contributed by atoms with van der Waals surface area (Å²) in [6, 6.07) is 1.09. The Kier molecular flexibility index (Phi) is 3.85. The summed E-state index contributed by atoms with van der Waals surface area (Å²) in [6.07, 6.45) is -8.32. The maximum absolute atomic E-state index is 12.3. The van der Waals surface area contributed by atoms with Gasteiger partial charge in [-0.2, -0.15) is 26.3 Å². The molecule has 0 aliphatic rings. The van der Waals surface area contributed by atoms with Crippen molar-refractivity contribution in [3.05, 3.63) is 29.3 Å². The van der Waals surface area contributed by atoms with Crippen LogP contribution >= 0.6 is 12.0 Å². The summed E-state index contributed by atoms with van der Waals surface area (Å²) >= 11 is 0.659. The first-order valence-electron chi connectivity index (χ1n) is 4.14. The van der Waals surface area contributed by atoms with Crippen LogP contribution < -0.4 is 4.18 Å². The average molecular weight is 276 g/mol. The Morgan fingerprint density at radius 3 is 1.59 bits per heavy atom. The molecule has 0 heterocycles. The van der Waals surface area contributed by atoms with Gasteiger partial charge in [-0.05, 0) is 18.2 Å². The summed E-state index contributed by atoms with van der Waals surface area (Å²) in [5.41, 5.74) is -2.78. The first-order chi connectivity index (χ1) is 7.64. The number of alkyl halides is 6. The molecule has 0 aromatic heterocycles. The van der Waals surface area contributed by atoms with E-state index in [-0.39, 0.29) is 6.07 Å². The van der Waals surface area contributed by atoms with Gasteiger partial charge in [0.25, 0.3) is 0 Å². The minimum Gasteiger partial charge on any atom is -0.426 e. The zero-order valence-electron chi connectivity index (χ0n) is 8.32. The maximum Gasteiger partial charge on any atom is 0.416 e. The van der Waals surface area contributed by atoms with E-state index in [2.05, 4.69) is 4.18 Å². The number of hydrogen-bond donors (Lipinski definition) is 0. The summed E-state index contributed by atoms with van der Waals surface area (Å²) in [5, 5.41) is 0. The van der Waals surface area contributed by atoms with Crippen LogP contribution in [-0.2, 0) is 12.4 Å². The number of benzene rings is 1. The van der Waals surface area contributed by atoms with Gasteiger partial charge >= 0.3 is 12.4 Å². The lowest BCUT2D eigenvalue weighted by atomic mass is 10.1. The molecule has 1 aromatic rings. The lowest BCUT2D eigenvalue weighted by Crippen LogP contribution is -2.10. The summed E-state index contributed by atoms with van der Waals surface area (Å²) < 4.78 is 78.7. The van der Waals surface area contributed by atoms with Crippen LogP contribution in [0.25, 0.3) is 0 Å². The Labute approximate surface area is 97.0 Å². The Hall–Kier alpha value is -1.05. The molecule has 0 aliphatic carbocycles. The second kappa shape index (κ2) is 4.67. The van der Waals surface area contributed by atoms with Crippen LogP contribution in [0.1, 0.15) is 11.1 Å². The van der Waals surface area contributed by atoms with Crippen LogP contribution in [0.5, 0.6) is 5.75 Å². The highest BCUT2D eigenvalue weighted by molar-refractivity contribution is 7.94. The molecule has 0 saturated heterocycles. The van der Waals surface area contributed by atoms with Crippen LogP contribution in [-0.4, -0.2) is 6.26 Å². The molecule has 0 unspecified atom stereocenters. The Morgan fingerprint density at radius 2 is 1.29 bits per heavy atom. The van der Waals surface area contributed by atoms with E-state index in [0.29, 0.717) is 24.2 Å². The van der Waals surface area contributed by atoms with E-state index in [9.17, 15) is 26.3 Å². The van der Waals surface area contributed by atoms with E-state index in [1.54, 1.807) is 0 Å². The van der Waals surface area contributed by atoms with Crippen LogP contribution in [0.3, 0.4) is 0 Å². The van der Waals surface area contributed by atoms with Gasteiger partial charge in [-0.3, -0.25) is 0 Å². The largest absolute Gasteiger partial charge is 0.426 e. The molecule has 0 spiro atoms. The molecule has 0 amide bonds. The van der Waals surface area contributed by atoms with E-state index in [0.717, 1.165) is 0 Å². The molecule has 1 aromatic carbocycles. The van der Waals surface area contributed by atoms with Crippen LogP contribution in [0, 0.1) is 0 Å². The van der Waals surface area contributed by atoms with Gasteiger partial charge in [-0.1, -0.05) is 0 Å². The van der Waals surface area contributed by atoms with Crippen LogP contribution in [0.2, 0.25) is 0 Å². The zero-order chi connectivity index (χ0) is 13.3. The predicted molar refractivity (Wildman–Crippen MR) is 50.6 cm³/mol. The smallest absolute Gasteiger partial charge is 0.416 e. The minimum absolute atomic E-state index is 0.0488. The van der Waals surface area contributed by atoms with E-state index in [1.165, 1.54) is 6.26 Å². The third kappa shape index (κ3) is 3.72. The molecule has 96 valence electrons. The molecule has 0 radical (unpaired) electrons. The summed E-state index contributed by atoms with van der Waals surface area (Å²) in [5.74, 6) is -0.486. The van der Waals surface area contributed by atoms with E-state index in [1.807, 2.05) is 0 Å². The van der Waals surface area contributed by atoms with Crippen molar-refractivity contribution in [3.8, 4) is 5.75 Å². The summed E-state index contributed by atoms with van der Waals surface area (Å²) in [6.45, 7) is 0.